The first-order valence-electron chi connectivity index (χ1n) is 6.96. The van der Waals surface area contributed by atoms with Crippen molar-refractivity contribution in [1.29, 1.82) is 0 Å². The molecule has 2 unspecified atom stereocenters. The molecule has 0 spiro atoms. The van der Waals surface area contributed by atoms with Crippen molar-refractivity contribution in [3.63, 3.8) is 0 Å². The van der Waals surface area contributed by atoms with Crippen LogP contribution in [0.4, 0.5) is 4.79 Å². The van der Waals surface area contributed by atoms with E-state index in [1.165, 1.54) is 0 Å². The third-order valence-electron chi connectivity index (χ3n) is 3.55. The maximum absolute atomic E-state index is 11.8. The number of hydrogen-bond donors (Lipinski definition) is 3. The number of urea groups is 1. The highest BCUT2D eigenvalue weighted by Crippen LogP contribution is 2.34. The van der Waals surface area contributed by atoms with Gasteiger partial charge in [0, 0.05) is 6.04 Å². The van der Waals surface area contributed by atoms with Gasteiger partial charge >= 0.3 is 12.0 Å². The largest absolute Gasteiger partial charge is 0.479 e. The summed E-state index contributed by atoms with van der Waals surface area (Å²) in [6.45, 7) is 2.12. The monoisotopic (exact) mass is 276 g/mol. The number of carbonyl (C=O) groups is 2. The van der Waals surface area contributed by atoms with E-state index in [4.69, 9.17) is 0 Å². The van der Waals surface area contributed by atoms with E-state index in [9.17, 15) is 14.7 Å². The predicted molar refractivity (Wildman–Crippen MR) is 75.3 cm³/mol. The molecule has 0 heterocycles. The van der Waals surface area contributed by atoms with Crippen LogP contribution in [0.25, 0.3) is 0 Å². The maximum atomic E-state index is 11.8. The molecule has 2 amide bonds. The molecule has 0 aromatic heterocycles. The lowest BCUT2D eigenvalue weighted by Crippen LogP contribution is -2.42. The SMILES string of the molecule is CCCC1CC1NC(=O)N[C@@H](C(=O)O)c1ccccc1. The van der Waals surface area contributed by atoms with E-state index in [0.29, 0.717) is 11.5 Å². The van der Waals surface area contributed by atoms with Crippen molar-refractivity contribution < 1.29 is 14.7 Å². The van der Waals surface area contributed by atoms with Gasteiger partial charge in [-0.05, 0) is 24.3 Å². The second-order valence-electron chi connectivity index (χ2n) is 5.19. The van der Waals surface area contributed by atoms with E-state index in [1.807, 2.05) is 6.07 Å². The van der Waals surface area contributed by atoms with Gasteiger partial charge in [-0.25, -0.2) is 9.59 Å². The Morgan fingerprint density at radius 2 is 2.05 bits per heavy atom. The Morgan fingerprint density at radius 3 is 2.65 bits per heavy atom. The second-order valence-corrected chi connectivity index (χ2v) is 5.19. The summed E-state index contributed by atoms with van der Waals surface area (Å²) in [7, 11) is 0. The fourth-order valence-electron chi connectivity index (χ4n) is 2.39. The van der Waals surface area contributed by atoms with Crippen LogP contribution < -0.4 is 10.6 Å². The van der Waals surface area contributed by atoms with E-state index < -0.39 is 18.0 Å². The molecular weight excluding hydrogens is 256 g/mol. The zero-order valence-electron chi connectivity index (χ0n) is 11.5. The smallest absolute Gasteiger partial charge is 0.330 e. The summed E-state index contributed by atoms with van der Waals surface area (Å²) < 4.78 is 0. The highest BCUT2D eigenvalue weighted by atomic mass is 16.4. The Balaban J connectivity index is 1.89. The molecule has 0 bridgehead atoms. The normalized spacial score (nSPS) is 21.9. The minimum absolute atomic E-state index is 0.195. The number of rotatable bonds is 6. The van der Waals surface area contributed by atoms with E-state index in [0.717, 1.165) is 19.3 Å². The molecule has 5 heteroatoms. The molecule has 0 radical (unpaired) electrons. The average molecular weight is 276 g/mol. The van der Waals surface area contributed by atoms with Gasteiger partial charge in [0.25, 0.3) is 0 Å². The molecule has 3 N–H and O–H groups in total. The van der Waals surface area contributed by atoms with Gasteiger partial charge in [0.2, 0.25) is 0 Å². The quantitative estimate of drug-likeness (QED) is 0.746. The van der Waals surface area contributed by atoms with Crippen LogP contribution in [0.5, 0.6) is 0 Å². The summed E-state index contributed by atoms with van der Waals surface area (Å²) in [6, 6.07) is 7.46. The zero-order valence-corrected chi connectivity index (χ0v) is 11.5. The highest BCUT2D eigenvalue weighted by Gasteiger charge is 2.37. The van der Waals surface area contributed by atoms with Crippen molar-refractivity contribution >= 4 is 12.0 Å². The molecule has 1 aromatic carbocycles. The standard InChI is InChI=1S/C15H20N2O3/c1-2-6-11-9-12(11)16-15(20)17-13(14(18)19)10-7-4-3-5-8-10/h3-5,7-8,11-13H,2,6,9H2,1H3,(H,18,19)(H2,16,17,20)/t11?,12?,13-/m1/s1. The summed E-state index contributed by atoms with van der Waals surface area (Å²) in [4.78, 5) is 23.1. The van der Waals surface area contributed by atoms with Gasteiger partial charge in [0.05, 0.1) is 0 Å². The Bertz CT molecular complexity index is 475. The van der Waals surface area contributed by atoms with E-state index in [1.54, 1.807) is 24.3 Å². The zero-order chi connectivity index (χ0) is 14.5. The molecular formula is C15H20N2O3. The molecule has 108 valence electrons. The fraction of sp³-hybridized carbons (Fsp3) is 0.467. The minimum Gasteiger partial charge on any atom is -0.479 e. The summed E-state index contributed by atoms with van der Waals surface area (Å²) in [5.41, 5.74) is 0.566. The van der Waals surface area contributed by atoms with Crippen LogP contribution in [0.1, 0.15) is 37.8 Å². The number of hydrogen-bond acceptors (Lipinski definition) is 2. The third-order valence-corrected chi connectivity index (χ3v) is 3.55. The first kappa shape index (κ1) is 14.4. The van der Waals surface area contributed by atoms with Gasteiger partial charge in [0.1, 0.15) is 0 Å². The second kappa shape index (κ2) is 6.41. The van der Waals surface area contributed by atoms with Gasteiger partial charge in [-0.2, -0.15) is 0 Å². The van der Waals surface area contributed by atoms with Gasteiger partial charge in [0.15, 0.2) is 6.04 Å². The molecule has 1 aromatic rings. The summed E-state index contributed by atoms with van der Waals surface area (Å²) in [5, 5.41) is 14.6. The molecule has 3 atom stereocenters. The predicted octanol–water partition coefficient (Wildman–Crippen LogP) is 2.30. The topological polar surface area (TPSA) is 78.4 Å². The first-order valence-corrected chi connectivity index (χ1v) is 6.96. The molecule has 0 aliphatic heterocycles. The average Bonchev–Trinajstić information content (AvgIpc) is 3.15. The summed E-state index contributed by atoms with van der Waals surface area (Å²) >= 11 is 0. The van der Waals surface area contributed by atoms with Crippen LogP contribution in [-0.4, -0.2) is 23.1 Å². The first-order chi connectivity index (χ1) is 9.61. The molecule has 5 nitrogen and oxygen atoms in total. The molecule has 2 rings (SSSR count). The molecule has 1 saturated carbocycles. The van der Waals surface area contributed by atoms with E-state index in [2.05, 4.69) is 17.6 Å². The van der Waals surface area contributed by atoms with Crippen molar-refractivity contribution in [2.45, 2.75) is 38.3 Å². The van der Waals surface area contributed by atoms with Crippen LogP contribution in [0.3, 0.4) is 0 Å². The molecule has 1 aliphatic carbocycles. The lowest BCUT2D eigenvalue weighted by atomic mass is 10.1. The Morgan fingerprint density at radius 1 is 1.35 bits per heavy atom. The van der Waals surface area contributed by atoms with Crippen LogP contribution >= 0.6 is 0 Å². The van der Waals surface area contributed by atoms with E-state index in [-0.39, 0.29) is 6.04 Å². The summed E-state index contributed by atoms with van der Waals surface area (Å²) in [5.74, 6) is -0.516. The van der Waals surface area contributed by atoms with Crippen molar-refractivity contribution in [1.82, 2.24) is 10.6 Å². The number of benzene rings is 1. The number of nitrogens with one attached hydrogen (secondary N) is 2. The number of carbonyl (C=O) groups excluding carboxylic acids is 1. The number of aliphatic carboxylic acids is 1. The van der Waals surface area contributed by atoms with Crippen molar-refractivity contribution in [2.75, 3.05) is 0 Å². The Kier molecular flexibility index (Phi) is 4.61. The Labute approximate surface area is 118 Å². The van der Waals surface area contributed by atoms with Crippen LogP contribution in [0.15, 0.2) is 30.3 Å². The molecule has 0 saturated heterocycles. The number of amides is 2. The van der Waals surface area contributed by atoms with Crippen LogP contribution in [0, 0.1) is 5.92 Å². The molecule has 20 heavy (non-hydrogen) atoms. The minimum atomic E-state index is -1.06. The number of carboxylic acids is 1. The van der Waals surface area contributed by atoms with Crippen LogP contribution in [0.2, 0.25) is 0 Å². The number of carboxylic acid groups (broad SMARTS) is 1. The molecule has 1 fully saturated rings. The lowest BCUT2D eigenvalue weighted by Gasteiger charge is -2.15. The fourth-order valence-corrected chi connectivity index (χ4v) is 2.39. The van der Waals surface area contributed by atoms with E-state index >= 15 is 0 Å². The Hall–Kier alpha value is -2.04. The van der Waals surface area contributed by atoms with Crippen molar-refractivity contribution in [3.8, 4) is 0 Å². The summed E-state index contributed by atoms with van der Waals surface area (Å²) in [6.07, 6.45) is 3.20. The van der Waals surface area contributed by atoms with Gasteiger partial charge in [-0.1, -0.05) is 43.7 Å². The van der Waals surface area contributed by atoms with Gasteiger partial charge < -0.3 is 15.7 Å². The van der Waals surface area contributed by atoms with Gasteiger partial charge in [-0.15, -0.1) is 0 Å². The van der Waals surface area contributed by atoms with Crippen molar-refractivity contribution in [2.24, 2.45) is 5.92 Å². The third kappa shape index (κ3) is 3.73. The lowest BCUT2D eigenvalue weighted by molar-refractivity contribution is -0.139. The van der Waals surface area contributed by atoms with Crippen molar-refractivity contribution in [3.05, 3.63) is 35.9 Å². The van der Waals surface area contributed by atoms with Crippen LogP contribution in [-0.2, 0) is 4.79 Å². The molecule has 1 aliphatic rings. The maximum Gasteiger partial charge on any atom is 0.330 e. The highest BCUT2D eigenvalue weighted by molar-refractivity contribution is 5.83. The van der Waals surface area contributed by atoms with Gasteiger partial charge in [-0.3, -0.25) is 0 Å².